The van der Waals surface area contributed by atoms with Crippen molar-refractivity contribution in [3.8, 4) is 0 Å². The summed E-state index contributed by atoms with van der Waals surface area (Å²) in [4.78, 5) is 40.8. The average molecular weight is 370 g/mol. The lowest BCUT2D eigenvalue weighted by atomic mass is 9.90. The van der Waals surface area contributed by atoms with Crippen molar-refractivity contribution in [1.82, 2.24) is 9.80 Å². The second-order valence-corrected chi connectivity index (χ2v) is 8.14. The average Bonchev–Trinajstić information content (AvgIpc) is 3.39. The molecule has 0 bridgehead atoms. The highest BCUT2D eigenvalue weighted by atomic mass is 16.4. The molecule has 2 saturated heterocycles. The highest BCUT2D eigenvalue weighted by molar-refractivity contribution is 5.89. The van der Waals surface area contributed by atoms with Gasteiger partial charge in [-0.2, -0.15) is 0 Å². The number of hydrogen-bond acceptors (Lipinski definition) is 3. The number of nitrogens with zero attached hydrogens (tertiary/aromatic N) is 2. The first-order valence-electron chi connectivity index (χ1n) is 9.88. The first-order chi connectivity index (χ1) is 13.0. The van der Waals surface area contributed by atoms with Gasteiger partial charge >= 0.3 is 5.97 Å². The maximum absolute atomic E-state index is 13.4. The maximum atomic E-state index is 13.4. The summed E-state index contributed by atoms with van der Waals surface area (Å²) in [6.45, 7) is 1.77. The molecule has 0 radical (unpaired) electrons. The van der Waals surface area contributed by atoms with Crippen LogP contribution in [0.5, 0.6) is 0 Å². The van der Waals surface area contributed by atoms with Crippen molar-refractivity contribution in [1.29, 1.82) is 0 Å². The first-order valence-corrected chi connectivity index (χ1v) is 9.88. The predicted molar refractivity (Wildman–Crippen MR) is 98.7 cm³/mol. The van der Waals surface area contributed by atoms with Gasteiger partial charge in [0, 0.05) is 26.1 Å². The van der Waals surface area contributed by atoms with Crippen molar-refractivity contribution in [2.45, 2.75) is 44.6 Å². The van der Waals surface area contributed by atoms with Crippen LogP contribution in [0, 0.1) is 11.3 Å². The number of carbonyl (C=O) groups is 3. The van der Waals surface area contributed by atoms with Gasteiger partial charge in [-0.15, -0.1) is 0 Å². The number of carboxylic acid groups (broad SMARTS) is 1. The summed E-state index contributed by atoms with van der Waals surface area (Å²) >= 11 is 0. The van der Waals surface area contributed by atoms with Crippen LogP contribution < -0.4 is 0 Å². The van der Waals surface area contributed by atoms with Crippen molar-refractivity contribution >= 4 is 17.8 Å². The van der Waals surface area contributed by atoms with Crippen LogP contribution in [0.15, 0.2) is 30.3 Å². The number of hydrogen-bond donors (Lipinski definition) is 1. The largest absolute Gasteiger partial charge is 0.481 e. The zero-order chi connectivity index (χ0) is 19.0. The second kappa shape index (κ2) is 6.98. The Hall–Kier alpha value is -2.37. The van der Waals surface area contributed by atoms with Gasteiger partial charge in [-0.3, -0.25) is 14.4 Å². The molecule has 27 heavy (non-hydrogen) atoms. The molecule has 2 unspecified atom stereocenters. The Bertz CT molecular complexity index is 740. The highest BCUT2D eigenvalue weighted by Crippen LogP contribution is 2.59. The van der Waals surface area contributed by atoms with E-state index in [2.05, 4.69) is 0 Å². The molecule has 2 heterocycles. The molecule has 1 saturated carbocycles. The molecule has 1 aromatic rings. The minimum Gasteiger partial charge on any atom is -0.481 e. The van der Waals surface area contributed by atoms with Gasteiger partial charge in [-0.25, -0.2) is 0 Å². The lowest BCUT2D eigenvalue weighted by Crippen LogP contribution is -2.49. The molecule has 0 aromatic heterocycles. The molecule has 144 valence electrons. The summed E-state index contributed by atoms with van der Waals surface area (Å²) in [7, 11) is 0. The van der Waals surface area contributed by atoms with Gasteiger partial charge < -0.3 is 14.9 Å². The fourth-order valence-corrected chi connectivity index (χ4v) is 4.79. The quantitative estimate of drug-likeness (QED) is 0.883. The lowest BCUT2D eigenvalue weighted by Gasteiger charge is -2.39. The molecule has 4 rings (SSSR count). The van der Waals surface area contributed by atoms with Crippen molar-refractivity contribution in [2.75, 3.05) is 19.6 Å². The van der Waals surface area contributed by atoms with E-state index in [4.69, 9.17) is 0 Å². The van der Waals surface area contributed by atoms with Crippen molar-refractivity contribution in [2.24, 2.45) is 11.3 Å². The van der Waals surface area contributed by atoms with Gasteiger partial charge in [0.15, 0.2) is 0 Å². The third kappa shape index (κ3) is 3.33. The molecule has 1 aliphatic carbocycles. The number of benzene rings is 1. The number of amides is 2. The predicted octanol–water partition coefficient (Wildman–Crippen LogP) is 2.45. The van der Waals surface area contributed by atoms with Crippen LogP contribution in [0.1, 0.15) is 50.1 Å². The first kappa shape index (κ1) is 18.0. The molecule has 2 atom stereocenters. The van der Waals surface area contributed by atoms with E-state index >= 15 is 0 Å². The second-order valence-electron chi connectivity index (χ2n) is 8.14. The number of aliphatic carboxylic acids is 1. The van der Waals surface area contributed by atoms with Gasteiger partial charge in [-0.05, 0) is 43.1 Å². The van der Waals surface area contributed by atoms with Gasteiger partial charge in [0.2, 0.25) is 11.8 Å². The molecule has 2 aliphatic heterocycles. The highest BCUT2D eigenvalue weighted by Gasteiger charge is 2.59. The summed E-state index contributed by atoms with van der Waals surface area (Å²) in [5, 5.41) is 9.26. The lowest BCUT2D eigenvalue weighted by molar-refractivity contribution is -0.149. The van der Waals surface area contributed by atoms with Crippen molar-refractivity contribution in [3.05, 3.63) is 35.9 Å². The molecule has 3 fully saturated rings. The Morgan fingerprint density at radius 3 is 2.37 bits per heavy atom. The Labute approximate surface area is 159 Å². The number of carboxylic acids is 1. The van der Waals surface area contributed by atoms with Crippen molar-refractivity contribution < 1.29 is 19.5 Å². The van der Waals surface area contributed by atoms with Gasteiger partial charge in [0.25, 0.3) is 0 Å². The summed E-state index contributed by atoms with van der Waals surface area (Å²) in [5.74, 6) is -0.942. The Balaban J connectivity index is 1.51. The van der Waals surface area contributed by atoms with E-state index in [1.165, 1.54) is 0 Å². The molecule has 1 N–H and O–H groups in total. The standard InChI is InChI=1S/C21H26N2O4/c24-17-8-4-5-11-23(17)18(15-6-2-1-3-7-15)19(25)22-12-9-21(10-13-22)14-16(21)20(26)27/h1-3,6-7,16,18H,4-5,8-14H2,(H,26,27). The van der Waals surface area contributed by atoms with Crippen LogP contribution >= 0.6 is 0 Å². The zero-order valence-electron chi connectivity index (χ0n) is 15.5. The van der Waals surface area contributed by atoms with Crippen LogP contribution in [0.4, 0.5) is 0 Å². The Kier molecular flexibility index (Phi) is 4.66. The molecular weight excluding hydrogens is 344 g/mol. The maximum Gasteiger partial charge on any atom is 0.307 e. The van der Waals surface area contributed by atoms with E-state index < -0.39 is 12.0 Å². The van der Waals surface area contributed by atoms with E-state index in [1.54, 1.807) is 4.90 Å². The monoisotopic (exact) mass is 370 g/mol. The number of piperidine rings is 2. The fourth-order valence-electron chi connectivity index (χ4n) is 4.79. The fraction of sp³-hybridized carbons (Fsp3) is 0.571. The zero-order valence-corrected chi connectivity index (χ0v) is 15.5. The van der Waals surface area contributed by atoms with Gasteiger partial charge in [-0.1, -0.05) is 30.3 Å². The van der Waals surface area contributed by atoms with E-state index in [-0.39, 0.29) is 23.1 Å². The third-order valence-electron chi connectivity index (χ3n) is 6.58. The number of carbonyl (C=O) groups excluding carboxylic acids is 2. The van der Waals surface area contributed by atoms with Gasteiger partial charge in [0.1, 0.15) is 6.04 Å². The van der Waals surface area contributed by atoms with E-state index in [0.29, 0.717) is 26.1 Å². The van der Waals surface area contributed by atoms with Gasteiger partial charge in [0.05, 0.1) is 5.92 Å². The number of rotatable bonds is 4. The van der Waals surface area contributed by atoms with Crippen LogP contribution in [0.2, 0.25) is 0 Å². The summed E-state index contributed by atoms with van der Waals surface area (Å²) in [5.41, 5.74) is 0.749. The Morgan fingerprint density at radius 1 is 1.07 bits per heavy atom. The van der Waals surface area contributed by atoms with E-state index in [1.807, 2.05) is 35.2 Å². The van der Waals surface area contributed by atoms with E-state index in [0.717, 1.165) is 37.7 Å². The molecular formula is C21H26N2O4. The SMILES string of the molecule is O=C(O)C1CC12CCN(C(=O)C(c1ccccc1)N1CCCCC1=O)CC2. The van der Waals surface area contributed by atoms with Crippen molar-refractivity contribution in [3.63, 3.8) is 0 Å². The summed E-state index contributed by atoms with van der Waals surface area (Å²) < 4.78 is 0. The third-order valence-corrected chi connectivity index (χ3v) is 6.58. The molecule has 1 aromatic carbocycles. The van der Waals surface area contributed by atoms with Crippen LogP contribution in [0.3, 0.4) is 0 Å². The smallest absolute Gasteiger partial charge is 0.307 e. The Morgan fingerprint density at radius 2 is 1.78 bits per heavy atom. The topological polar surface area (TPSA) is 77.9 Å². The van der Waals surface area contributed by atoms with E-state index in [9.17, 15) is 19.5 Å². The number of likely N-dealkylation sites (tertiary alicyclic amines) is 2. The minimum absolute atomic E-state index is 0.0289. The molecule has 6 heteroatoms. The van der Waals surface area contributed by atoms with Crippen LogP contribution in [0.25, 0.3) is 0 Å². The minimum atomic E-state index is -0.712. The summed E-state index contributed by atoms with van der Waals surface area (Å²) in [6.07, 6.45) is 4.52. The van der Waals surface area contributed by atoms with Crippen LogP contribution in [-0.4, -0.2) is 52.3 Å². The molecule has 3 aliphatic rings. The normalized spacial score (nSPS) is 25.3. The molecule has 2 amide bonds. The van der Waals surface area contributed by atoms with Crippen LogP contribution in [-0.2, 0) is 14.4 Å². The summed E-state index contributed by atoms with van der Waals surface area (Å²) in [6, 6.07) is 8.97. The molecule has 6 nitrogen and oxygen atoms in total. The molecule has 1 spiro atoms.